The Kier molecular flexibility index (Phi) is 2.05. The van der Waals surface area contributed by atoms with E-state index in [1.807, 2.05) is 0 Å². The van der Waals surface area contributed by atoms with Gasteiger partial charge in [0.05, 0.1) is 5.92 Å². The van der Waals surface area contributed by atoms with Crippen molar-refractivity contribution in [1.29, 1.82) is 0 Å². The van der Waals surface area contributed by atoms with Crippen LogP contribution in [0.5, 0.6) is 0 Å². The molecule has 68 valence electrons. The minimum absolute atomic E-state index is 0.130. The lowest BCUT2D eigenvalue weighted by molar-refractivity contribution is -0.122. The predicted octanol–water partition coefficient (Wildman–Crippen LogP) is 0.250. The molecule has 2 aliphatic rings. The van der Waals surface area contributed by atoms with Gasteiger partial charge in [-0.1, -0.05) is 6.42 Å². The molecule has 0 aromatic heterocycles. The van der Waals surface area contributed by atoms with Crippen molar-refractivity contribution in [2.24, 2.45) is 17.6 Å². The van der Waals surface area contributed by atoms with Gasteiger partial charge in [0.1, 0.15) is 0 Å². The van der Waals surface area contributed by atoms with Crippen LogP contribution in [0.4, 0.5) is 0 Å². The highest BCUT2D eigenvalue weighted by atomic mass is 16.2. The molecule has 0 bridgehead atoms. The van der Waals surface area contributed by atoms with Gasteiger partial charge in [-0.15, -0.1) is 0 Å². The summed E-state index contributed by atoms with van der Waals surface area (Å²) < 4.78 is 0. The third kappa shape index (κ3) is 1.61. The van der Waals surface area contributed by atoms with Crippen molar-refractivity contribution < 1.29 is 4.79 Å². The molecule has 2 saturated carbocycles. The normalized spacial score (nSPS) is 34.1. The van der Waals surface area contributed by atoms with E-state index in [0.717, 1.165) is 18.9 Å². The lowest BCUT2D eigenvalue weighted by Crippen LogP contribution is -2.34. The SMILES string of the molecule is NC1CC1C(=O)NCC1CCC1. The van der Waals surface area contributed by atoms with Crippen LogP contribution in [0, 0.1) is 11.8 Å². The van der Waals surface area contributed by atoms with Crippen molar-refractivity contribution in [2.75, 3.05) is 6.54 Å². The molecule has 1 amide bonds. The molecule has 12 heavy (non-hydrogen) atoms. The van der Waals surface area contributed by atoms with Crippen LogP contribution >= 0.6 is 0 Å². The van der Waals surface area contributed by atoms with Gasteiger partial charge < -0.3 is 11.1 Å². The van der Waals surface area contributed by atoms with E-state index >= 15 is 0 Å². The van der Waals surface area contributed by atoms with Crippen molar-refractivity contribution in [2.45, 2.75) is 31.7 Å². The van der Waals surface area contributed by atoms with Gasteiger partial charge in [0.15, 0.2) is 0 Å². The summed E-state index contributed by atoms with van der Waals surface area (Å²) in [7, 11) is 0. The number of nitrogens with one attached hydrogen (secondary N) is 1. The zero-order valence-corrected chi connectivity index (χ0v) is 7.25. The Bertz CT molecular complexity index is 189. The molecule has 2 fully saturated rings. The molecule has 2 unspecified atom stereocenters. The van der Waals surface area contributed by atoms with Gasteiger partial charge >= 0.3 is 0 Å². The van der Waals surface area contributed by atoms with Gasteiger partial charge in [-0.2, -0.15) is 0 Å². The molecule has 0 aromatic carbocycles. The summed E-state index contributed by atoms with van der Waals surface area (Å²) >= 11 is 0. The molecule has 0 radical (unpaired) electrons. The fraction of sp³-hybridized carbons (Fsp3) is 0.889. The van der Waals surface area contributed by atoms with Gasteiger partial charge in [0.2, 0.25) is 5.91 Å². The zero-order chi connectivity index (χ0) is 8.55. The molecule has 2 aliphatic carbocycles. The summed E-state index contributed by atoms with van der Waals surface area (Å²) in [5.41, 5.74) is 5.56. The lowest BCUT2D eigenvalue weighted by atomic mass is 9.85. The van der Waals surface area contributed by atoms with Crippen molar-refractivity contribution >= 4 is 5.91 Å². The second-order valence-electron chi connectivity index (χ2n) is 4.05. The maximum absolute atomic E-state index is 11.3. The van der Waals surface area contributed by atoms with Crippen LogP contribution in [0.1, 0.15) is 25.7 Å². The molecule has 3 N–H and O–H groups in total. The quantitative estimate of drug-likeness (QED) is 0.634. The first-order valence-electron chi connectivity index (χ1n) is 4.80. The molecule has 3 heteroatoms. The molecule has 0 aliphatic heterocycles. The number of rotatable bonds is 3. The number of hydrogen-bond acceptors (Lipinski definition) is 2. The number of carbonyl (C=O) groups is 1. The van der Waals surface area contributed by atoms with Crippen molar-refractivity contribution in [1.82, 2.24) is 5.32 Å². The average Bonchev–Trinajstić information content (AvgIpc) is 2.63. The Labute approximate surface area is 72.7 Å². The fourth-order valence-corrected chi connectivity index (χ4v) is 1.59. The van der Waals surface area contributed by atoms with E-state index in [1.165, 1.54) is 19.3 Å². The molecular formula is C9H16N2O. The third-order valence-electron chi connectivity index (χ3n) is 2.97. The Morgan fingerprint density at radius 2 is 2.17 bits per heavy atom. The maximum Gasteiger partial charge on any atom is 0.224 e. The summed E-state index contributed by atoms with van der Waals surface area (Å²) in [6.07, 6.45) is 4.80. The first-order valence-corrected chi connectivity index (χ1v) is 4.80. The molecule has 0 spiro atoms. The van der Waals surface area contributed by atoms with Crippen LogP contribution in [0.15, 0.2) is 0 Å². The summed E-state index contributed by atoms with van der Waals surface area (Å²) in [6.45, 7) is 0.877. The highest BCUT2D eigenvalue weighted by Gasteiger charge is 2.39. The van der Waals surface area contributed by atoms with Crippen LogP contribution in [-0.4, -0.2) is 18.5 Å². The Balaban J connectivity index is 1.62. The van der Waals surface area contributed by atoms with Gasteiger partial charge in [-0.25, -0.2) is 0 Å². The summed E-state index contributed by atoms with van der Waals surface area (Å²) in [5.74, 6) is 1.06. The molecule has 0 saturated heterocycles. The number of amides is 1. The van der Waals surface area contributed by atoms with E-state index in [0.29, 0.717) is 0 Å². The number of carbonyl (C=O) groups excluding carboxylic acids is 1. The lowest BCUT2D eigenvalue weighted by Gasteiger charge is -2.25. The first kappa shape index (κ1) is 8.05. The van der Waals surface area contributed by atoms with E-state index < -0.39 is 0 Å². The number of nitrogens with two attached hydrogens (primary N) is 1. The molecule has 2 rings (SSSR count). The fourth-order valence-electron chi connectivity index (χ4n) is 1.59. The minimum Gasteiger partial charge on any atom is -0.356 e. The van der Waals surface area contributed by atoms with Gasteiger partial charge in [0, 0.05) is 12.6 Å². The van der Waals surface area contributed by atoms with Crippen LogP contribution in [0.2, 0.25) is 0 Å². The van der Waals surface area contributed by atoms with E-state index in [-0.39, 0.29) is 17.9 Å². The predicted molar refractivity (Wildman–Crippen MR) is 46.4 cm³/mol. The summed E-state index contributed by atoms with van der Waals surface area (Å²) in [5, 5.41) is 2.96. The Morgan fingerprint density at radius 3 is 2.58 bits per heavy atom. The highest BCUT2D eigenvalue weighted by molar-refractivity contribution is 5.82. The summed E-state index contributed by atoms with van der Waals surface area (Å²) in [4.78, 5) is 11.3. The van der Waals surface area contributed by atoms with Crippen molar-refractivity contribution in [3.05, 3.63) is 0 Å². The molecular weight excluding hydrogens is 152 g/mol. The van der Waals surface area contributed by atoms with Crippen molar-refractivity contribution in [3.63, 3.8) is 0 Å². The van der Waals surface area contributed by atoms with Crippen LogP contribution < -0.4 is 11.1 Å². The molecule has 0 heterocycles. The highest BCUT2D eigenvalue weighted by Crippen LogP contribution is 2.29. The Morgan fingerprint density at radius 1 is 1.50 bits per heavy atom. The summed E-state index contributed by atoms with van der Waals surface area (Å²) in [6, 6.07) is 0.145. The van der Waals surface area contributed by atoms with Crippen LogP contribution in [0.3, 0.4) is 0 Å². The Hall–Kier alpha value is -0.570. The zero-order valence-electron chi connectivity index (χ0n) is 7.25. The topological polar surface area (TPSA) is 55.1 Å². The molecule has 3 nitrogen and oxygen atoms in total. The monoisotopic (exact) mass is 168 g/mol. The second-order valence-corrected chi connectivity index (χ2v) is 4.05. The third-order valence-corrected chi connectivity index (χ3v) is 2.97. The van der Waals surface area contributed by atoms with Crippen LogP contribution in [-0.2, 0) is 4.79 Å². The maximum atomic E-state index is 11.3. The minimum atomic E-state index is 0.130. The smallest absolute Gasteiger partial charge is 0.224 e. The second kappa shape index (κ2) is 3.05. The standard InChI is InChI=1S/C9H16N2O/c10-8-4-7(8)9(12)11-5-6-2-1-3-6/h6-8H,1-5,10H2,(H,11,12). The van der Waals surface area contributed by atoms with Crippen LogP contribution in [0.25, 0.3) is 0 Å². The largest absolute Gasteiger partial charge is 0.356 e. The first-order chi connectivity index (χ1) is 5.77. The van der Waals surface area contributed by atoms with E-state index in [9.17, 15) is 4.79 Å². The van der Waals surface area contributed by atoms with E-state index in [2.05, 4.69) is 5.32 Å². The van der Waals surface area contributed by atoms with Gasteiger partial charge in [-0.05, 0) is 25.2 Å². The van der Waals surface area contributed by atoms with Gasteiger partial charge in [-0.3, -0.25) is 4.79 Å². The van der Waals surface area contributed by atoms with E-state index in [4.69, 9.17) is 5.73 Å². The molecule has 2 atom stereocenters. The average molecular weight is 168 g/mol. The number of hydrogen-bond donors (Lipinski definition) is 2. The molecule has 0 aromatic rings. The van der Waals surface area contributed by atoms with E-state index in [1.54, 1.807) is 0 Å². The van der Waals surface area contributed by atoms with Crippen molar-refractivity contribution in [3.8, 4) is 0 Å². The van der Waals surface area contributed by atoms with Gasteiger partial charge in [0.25, 0.3) is 0 Å².